The highest BCUT2D eigenvalue weighted by Gasteiger charge is 2.34. The van der Waals surface area contributed by atoms with E-state index in [0.29, 0.717) is 29.3 Å². The van der Waals surface area contributed by atoms with E-state index in [2.05, 4.69) is 9.72 Å². The van der Waals surface area contributed by atoms with Gasteiger partial charge in [-0.15, -0.1) is 0 Å². The number of benzene rings is 1. The van der Waals surface area contributed by atoms with Gasteiger partial charge in [0.1, 0.15) is 16.9 Å². The van der Waals surface area contributed by atoms with E-state index in [-0.39, 0.29) is 17.5 Å². The Hall–Kier alpha value is -2.16. The van der Waals surface area contributed by atoms with Crippen molar-refractivity contribution in [2.45, 2.75) is 17.4 Å². The molecule has 0 radical (unpaired) electrons. The van der Waals surface area contributed by atoms with Gasteiger partial charge in [-0.2, -0.15) is 4.31 Å². The number of methoxy groups -OCH3 is 1. The van der Waals surface area contributed by atoms with Crippen LogP contribution in [0.3, 0.4) is 0 Å². The van der Waals surface area contributed by atoms with Crippen LogP contribution < -0.4 is 4.74 Å². The fourth-order valence-electron chi connectivity index (χ4n) is 2.68. The lowest BCUT2D eigenvalue weighted by atomic mass is 10.2. The highest BCUT2D eigenvalue weighted by Crippen LogP contribution is 2.28. The first-order chi connectivity index (χ1) is 12.4. The van der Waals surface area contributed by atoms with Gasteiger partial charge in [-0.05, 0) is 30.7 Å². The van der Waals surface area contributed by atoms with Crippen LogP contribution in [0.4, 0.5) is 0 Å². The van der Waals surface area contributed by atoms with Crippen LogP contribution in [-0.4, -0.2) is 50.0 Å². The molecule has 1 fully saturated rings. The standard InChI is InChI=1S/C17H17ClN2O5S/c1-24-17(21)12-2-4-14(5-3-12)26(22,23)20-9-7-13(11-20)25-16-6-8-19-10-15(16)18/h2-6,8,10,13H,7,9,11H2,1H3/t13-/m1/s1. The summed E-state index contributed by atoms with van der Waals surface area (Å²) in [4.78, 5) is 15.5. The van der Waals surface area contributed by atoms with Gasteiger partial charge in [-0.3, -0.25) is 4.98 Å². The van der Waals surface area contributed by atoms with E-state index >= 15 is 0 Å². The zero-order valence-electron chi connectivity index (χ0n) is 14.0. The van der Waals surface area contributed by atoms with Crippen LogP contribution in [0.2, 0.25) is 5.02 Å². The molecule has 1 atom stereocenters. The normalized spacial score (nSPS) is 17.8. The summed E-state index contributed by atoms with van der Waals surface area (Å²) in [6.45, 7) is 0.564. The van der Waals surface area contributed by atoms with Gasteiger partial charge in [0.25, 0.3) is 0 Å². The Labute approximate surface area is 156 Å². The van der Waals surface area contributed by atoms with Crippen molar-refractivity contribution in [3.8, 4) is 5.75 Å². The number of carbonyl (C=O) groups is 1. The average Bonchev–Trinajstić information content (AvgIpc) is 3.12. The molecule has 26 heavy (non-hydrogen) atoms. The molecule has 1 aliphatic rings. The van der Waals surface area contributed by atoms with Gasteiger partial charge < -0.3 is 9.47 Å². The monoisotopic (exact) mass is 396 g/mol. The third-order valence-electron chi connectivity index (χ3n) is 4.05. The summed E-state index contributed by atoms with van der Waals surface area (Å²) >= 11 is 6.02. The summed E-state index contributed by atoms with van der Waals surface area (Å²) in [5.74, 6) is -0.0360. The minimum atomic E-state index is -3.67. The fourth-order valence-corrected chi connectivity index (χ4v) is 4.33. The lowest BCUT2D eigenvalue weighted by molar-refractivity contribution is 0.0600. The maximum Gasteiger partial charge on any atom is 0.337 e. The number of hydrogen-bond acceptors (Lipinski definition) is 6. The Morgan fingerprint density at radius 3 is 2.65 bits per heavy atom. The highest BCUT2D eigenvalue weighted by atomic mass is 35.5. The van der Waals surface area contributed by atoms with E-state index < -0.39 is 16.0 Å². The van der Waals surface area contributed by atoms with E-state index in [9.17, 15) is 13.2 Å². The van der Waals surface area contributed by atoms with Gasteiger partial charge in [0.05, 0.1) is 24.1 Å². The van der Waals surface area contributed by atoms with E-state index in [1.807, 2.05) is 0 Å². The second-order valence-corrected chi connectivity index (χ2v) is 8.06. The van der Waals surface area contributed by atoms with Crippen molar-refractivity contribution >= 4 is 27.6 Å². The lowest BCUT2D eigenvalue weighted by Gasteiger charge is -2.18. The summed E-state index contributed by atoms with van der Waals surface area (Å²) < 4.78 is 37.3. The molecule has 138 valence electrons. The summed E-state index contributed by atoms with van der Waals surface area (Å²) in [6.07, 6.45) is 3.30. The van der Waals surface area contributed by atoms with E-state index in [1.54, 1.807) is 12.3 Å². The minimum Gasteiger partial charge on any atom is -0.487 e. The first kappa shape index (κ1) is 18.6. The molecular formula is C17H17ClN2O5S. The molecule has 0 aliphatic carbocycles. The molecule has 0 N–H and O–H groups in total. The van der Waals surface area contributed by atoms with Crippen LogP contribution >= 0.6 is 11.6 Å². The summed E-state index contributed by atoms with van der Waals surface area (Å²) in [7, 11) is -2.40. The maximum atomic E-state index is 12.8. The third-order valence-corrected chi connectivity index (χ3v) is 6.21. The Bertz CT molecular complexity index is 902. The highest BCUT2D eigenvalue weighted by molar-refractivity contribution is 7.89. The van der Waals surface area contributed by atoms with Gasteiger partial charge in [0.2, 0.25) is 10.0 Å². The molecule has 0 amide bonds. The van der Waals surface area contributed by atoms with Crippen molar-refractivity contribution in [1.29, 1.82) is 0 Å². The molecule has 2 aromatic rings. The molecule has 0 bridgehead atoms. The summed E-state index contributed by atoms with van der Waals surface area (Å²) in [5, 5.41) is 0.382. The van der Waals surface area contributed by atoms with Crippen LogP contribution in [-0.2, 0) is 14.8 Å². The molecule has 0 saturated carbocycles. The molecule has 3 rings (SSSR count). The molecule has 2 heterocycles. The van der Waals surface area contributed by atoms with Crippen LogP contribution in [0.25, 0.3) is 0 Å². The maximum absolute atomic E-state index is 12.8. The van der Waals surface area contributed by atoms with Crippen LogP contribution in [0.1, 0.15) is 16.8 Å². The van der Waals surface area contributed by atoms with Crippen molar-refractivity contribution in [3.05, 3.63) is 53.3 Å². The molecule has 0 unspecified atom stereocenters. The number of hydrogen-bond donors (Lipinski definition) is 0. The van der Waals surface area contributed by atoms with Crippen LogP contribution in [0.15, 0.2) is 47.6 Å². The third kappa shape index (κ3) is 3.82. The van der Waals surface area contributed by atoms with Crippen molar-refractivity contribution in [3.63, 3.8) is 0 Å². The van der Waals surface area contributed by atoms with Gasteiger partial charge >= 0.3 is 5.97 Å². The van der Waals surface area contributed by atoms with E-state index in [4.69, 9.17) is 16.3 Å². The predicted octanol–water partition coefficient (Wildman–Crippen LogP) is 2.36. The first-order valence-corrected chi connectivity index (χ1v) is 9.68. The Kier molecular flexibility index (Phi) is 5.45. The van der Waals surface area contributed by atoms with Gasteiger partial charge in [0.15, 0.2) is 0 Å². The lowest BCUT2D eigenvalue weighted by Crippen LogP contribution is -2.31. The van der Waals surface area contributed by atoms with Crippen molar-refractivity contribution in [1.82, 2.24) is 9.29 Å². The van der Waals surface area contributed by atoms with E-state index in [0.717, 1.165) is 0 Å². The summed E-state index contributed by atoms with van der Waals surface area (Å²) in [5.41, 5.74) is 0.293. The largest absolute Gasteiger partial charge is 0.487 e. The zero-order chi connectivity index (χ0) is 18.7. The number of pyridine rings is 1. The first-order valence-electron chi connectivity index (χ1n) is 7.86. The molecule has 9 heteroatoms. The predicted molar refractivity (Wildman–Crippen MR) is 94.8 cm³/mol. The smallest absolute Gasteiger partial charge is 0.337 e. The van der Waals surface area contributed by atoms with Gasteiger partial charge in [0, 0.05) is 25.0 Å². The quantitative estimate of drug-likeness (QED) is 0.721. The Morgan fingerprint density at radius 2 is 2.00 bits per heavy atom. The molecule has 1 aliphatic heterocycles. The Morgan fingerprint density at radius 1 is 1.27 bits per heavy atom. The number of halogens is 1. The molecular weight excluding hydrogens is 380 g/mol. The second-order valence-electron chi connectivity index (χ2n) is 5.71. The topological polar surface area (TPSA) is 85.8 Å². The van der Waals surface area contributed by atoms with Crippen LogP contribution in [0.5, 0.6) is 5.75 Å². The van der Waals surface area contributed by atoms with Gasteiger partial charge in [-0.25, -0.2) is 13.2 Å². The number of sulfonamides is 1. The zero-order valence-corrected chi connectivity index (χ0v) is 15.5. The fraction of sp³-hybridized carbons (Fsp3) is 0.294. The number of ether oxygens (including phenoxy) is 2. The van der Waals surface area contributed by atoms with Crippen molar-refractivity contribution in [2.24, 2.45) is 0 Å². The summed E-state index contributed by atoms with van der Waals surface area (Å²) in [6, 6.07) is 7.30. The number of carbonyl (C=O) groups excluding carboxylic acids is 1. The number of esters is 1. The molecule has 1 aromatic carbocycles. The molecule has 1 aromatic heterocycles. The molecule has 1 saturated heterocycles. The average molecular weight is 397 g/mol. The second kappa shape index (κ2) is 7.61. The number of rotatable bonds is 5. The molecule has 7 nitrogen and oxygen atoms in total. The van der Waals surface area contributed by atoms with E-state index in [1.165, 1.54) is 41.9 Å². The van der Waals surface area contributed by atoms with Crippen LogP contribution in [0, 0.1) is 0 Å². The number of nitrogens with zero attached hydrogens (tertiary/aromatic N) is 2. The molecule has 0 spiro atoms. The Balaban J connectivity index is 1.71. The van der Waals surface area contributed by atoms with Gasteiger partial charge in [-0.1, -0.05) is 11.6 Å². The minimum absolute atomic E-state index is 0.118. The van der Waals surface area contributed by atoms with Crippen molar-refractivity contribution in [2.75, 3.05) is 20.2 Å². The van der Waals surface area contributed by atoms with Crippen molar-refractivity contribution < 1.29 is 22.7 Å². The number of aromatic nitrogens is 1. The SMILES string of the molecule is COC(=O)c1ccc(S(=O)(=O)N2CC[C@@H](Oc3ccncc3Cl)C2)cc1.